The fraction of sp³-hybridized carbons (Fsp3) is 0.100. The maximum Gasteiger partial charge on any atom is 0.352 e. The molecule has 0 fully saturated rings. The Bertz CT molecular complexity index is 1080. The first-order valence-electron chi connectivity index (χ1n) is 11.2. The summed E-state index contributed by atoms with van der Waals surface area (Å²) in [6.07, 6.45) is 4.10. The summed E-state index contributed by atoms with van der Waals surface area (Å²) in [5.41, 5.74) is 0.587. The van der Waals surface area contributed by atoms with Crippen molar-refractivity contribution < 1.29 is 21.9 Å². The van der Waals surface area contributed by atoms with Crippen molar-refractivity contribution in [3.05, 3.63) is 133 Å². The number of ether oxygens (including phenoxy) is 1. The van der Waals surface area contributed by atoms with Crippen LogP contribution in [-0.2, 0) is 9.53 Å². The molecule has 172 valence electrons. The minimum atomic E-state index is -2.45. The summed E-state index contributed by atoms with van der Waals surface area (Å²) in [6.45, 7) is 2.20. The highest BCUT2D eigenvalue weighted by molar-refractivity contribution is 7.97. The molecule has 0 aliphatic heterocycles. The Morgan fingerprint density at radius 1 is 0.706 bits per heavy atom. The van der Waals surface area contributed by atoms with Gasteiger partial charge in [0.15, 0.2) is 5.66 Å². The second kappa shape index (κ2) is 12.3. The van der Waals surface area contributed by atoms with Crippen LogP contribution >= 0.6 is 7.26 Å². The van der Waals surface area contributed by atoms with Crippen LogP contribution in [0.3, 0.4) is 0 Å². The lowest BCUT2D eigenvalue weighted by atomic mass is 10.2. The Hall–Kier alpha value is -3.19. The molecule has 0 amide bonds. The van der Waals surface area contributed by atoms with Crippen molar-refractivity contribution in [2.45, 2.75) is 12.6 Å². The first-order valence-corrected chi connectivity index (χ1v) is 13.1. The lowest BCUT2D eigenvalue weighted by molar-refractivity contribution is -0.141. The Balaban J connectivity index is 0.00000324. The molecular weight excluding hydrogens is 459 g/mol. The van der Waals surface area contributed by atoms with Crippen molar-refractivity contribution in [1.29, 1.82) is 0 Å². The largest absolute Gasteiger partial charge is 1.00 e. The maximum absolute atomic E-state index is 13.7. The van der Waals surface area contributed by atoms with E-state index in [0.29, 0.717) is 6.61 Å². The number of benzene rings is 4. The molecule has 0 heterocycles. The van der Waals surface area contributed by atoms with Crippen molar-refractivity contribution in [1.82, 2.24) is 0 Å². The second-order valence-corrected chi connectivity index (χ2v) is 11.2. The molecule has 1 atom stereocenters. The number of hydrogen-bond acceptors (Lipinski definition) is 2. The van der Waals surface area contributed by atoms with Crippen molar-refractivity contribution in [2.24, 2.45) is 0 Å². The standard InChI is InChI=1S/C30H28O2P.ClH/c1-2-32-30(31)29(24-23-25-15-7-3-8-16-25)33(26-17-9-4-10-18-26,27-19-11-5-12-20-27)28-21-13-6-14-22-28;/h3-24,29H,2H2,1H3;1H/q+1;/p-1/b24-23-;. The van der Waals surface area contributed by atoms with Crippen LogP contribution in [0.1, 0.15) is 12.5 Å². The van der Waals surface area contributed by atoms with Gasteiger partial charge in [-0.15, -0.1) is 0 Å². The minimum absolute atomic E-state index is 0. The summed E-state index contributed by atoms with van der Waals surface area (Å²) in [6, 6.07) is 41.4. The average molecular weight is 487 g/mol. The lowest BCUT2D eigenvalue weighted by Gasteiger charge is -2.32. The number of carbonyl (C=O) groups is 1. The highest BCUT2D eigenvalue weighted by atomic mass is 35.5. The van der Waals surface area contributed by atoms with Gasteiger partial charge in [-0.05, 0) is 55.0 Å². The van der Waals surface area contributed by atoms with Crippen molar-refractivity contribution in [3.63, 3.8) is 0 Å². The van der Waals surface area contributed by atoms with Gasteiger partial charge in [0.2, 0.25) is 0 Å². The Kier molecular flexibility index (Phi) is 9.22. The van der Waals surface area contributed by atoms with Gasteiger partial charge in [0, 0.05) is 0 Å². The number of rotatable bonds is 8. The van der Waals surface area contributed by atoms with Gasteiger partial charge < -0.3 is 17.1 Å². The van der Waals surface area contributed by atoms with Gasteiger partial charge in [-0.2, -0.15) is 0 Å². The highest BCUT2D eigenvalue weighted by Crippen LogP contribution is 2.60. The third kappa shape index (κ3) is 5.30. The first-order chi connectivity index (χ1) is 16.3. The molecule has 0 saturated carbocycles. The van der Waals surface area contributed by atoms with Gasteiger partial charge in [0.05, 0.1) is 6.61 Å². The van der Waals surface area contributed by atoms with Crippen LogP contribution in [0.15, 0.2) is 127 Å². The molecule has 0 aliphatic carbocycles. The molecular formula is C30H28ClO2P. The molecule has 0 radical (unpaired) electrons. The van der Waals surface area contributed by atoms with E-state index in [4.69, 9.17) is 4.74 Å². The van der Waals surface area contributed by atoms with Crippen molar-refractivity contribution >= 4 is 35.2 Å². The predicted molar refractivity (Wildman–Crippen MR) is 141 cm³/mol. The third-order valence-electron chi connectivity index (χ3n) is 5.71. The van der Waals surface area contributed by atoms with Gasteiger partial charge in [-0.1, -0.05) is 91.0 Å². The molecule has 0 N–H and O–H groups in total. The Morgan fingerprint density at radius 3 is 1.47 bits per heavy atom. The topological polar surface area (TPSA) is 26.3 Å². The van der Waals surface area contributed by atoms with E-state index < -0.39 is 12.9 Å². The summed E-state index contributed by atoms with van der Waals surface area (Å²) >= 11 is 0. The second-order valence-electron chi connectivity index (χ2n) is 7.70. The third-order valence-corrected chi connectivity index (χ3v) is 10.3. The summed E-state index contributed by atoms with van der Waals surface area (Å²) in [5, 5.41) is 3.45. The highest BCUT2D eigenvalue weighted by Gasteiger charge is 2.55. The summed E-state index contributed by atoms with van der Waals surface area (Å²) in [7, 11) is -2.45. The van der Waals surface area contributed by atoms with E-state index in [9.17, 15) is 4.79 Å². The molecule has 4 aromatic rings. The van der Waals surface area contributed by atoms with Crippen LogP contribution in [0.5, 0.6) is 0 Å². The maximum atomic E-state index is 13.7. The molecule has 0 aliphatic rings. The smallest absolute Gasteiger partial charge is 0.352 e. The number of carbonyl (C=O) groups excluding carboxylic acids is 1. The van der Waals surface area contributed by atoms with Gasteiger partial charge >= 0.3 is 5.97 Å². The van der Waals surface area contributed by atoms with Crippen LogP contribution in [0.2, 0.25) is 0 Å². The van der Waals surface area contributed by atoms with Crippen LogP contribution in [0.4, 0.5) is 0 Å². The molecule has 34 heavy (non-hydrogen) atoms. The lowest BCUT2D eigenvalue weighted by Crippen LogP contribution is -3.00. The van der Waals surface area contributed by atoms with Gasteiger partial charge in [0.1, 0.15) is 23.2 Å². The van der Waals surface area contributed by atoms with Gasteiger partial charge in [-0.25, -0.2) is 4.79 Å². The fourth-order valence-electron chi connectivity index (χ4n) is 4.28. The van der Waals surface area contributed by atoms with E-state index in [1.54, 1.807) is 0 Å². The monoisotopic (exact) mass is 486 g/mol. The molecule has 0 spiro atoms. The minimum Gasteiger partial charge on any atom is -1.00 e. The van der Waals surface area contributed by atoms with E-state index in [1.165, 1.54) is 0 Å². The zero-order valence-electron chi connectivity index (χ0n) is 19.1. The molecule has 2 nitrogen and oxygen atoms in total. The zero-order chi connectivity index (χ0) is 22.9. The number of hydrogen-bond donors (Lipinski definition) is 0. The molecule has 4 rings (SSSR count). The van der Waals surface area contributed by atoms with Gasteiger partial charge in [-0.3, -0.25) is 0 Å². The Morgan fingerprint density at radius 2 is 1.09 bits per heavy atom. The normalized spacial score (nSPS) is 12.0. The first kappa shape index (κ1) is 25.4. The quantitative estimate of drug-likeness (QED) is 0.283. The van der Waals surface area contributed by atoms with Crippen LogP contribution in [-0.4, -0.2) is 18.2 Å². The van der Waals surface area contributed by atoms with Crippen LogP contribution in [0, 0.1) is 0 Å². The van der Waals surface area contributed by atoms with Crippen LogP contribution in [0.25, 0.3) is 6.08 Å². The molecule has 0 aromatic heterocycles. The summed E-state index contributed by atoms with van der Waals surface area (Å²) < 4.78 is 5.70. The van der Waals surface area contributed by atoms with E-state index in [0.717, 1.165) is 21.5 Å². The molecule has 4 heteroatoms. The zero-order valence-corrected chi connectivity index (χ0v) is 20.8. The molecule has 0 bridgehead atoms. The Labute approximate surface area is 209 Å². The molecule has 1 unspecified atom stereocenters. The van der Waals surface area contributed by atoms with Crippen molar-refractivity contribution in [3.8, 4) is 0 Å². The molecule has 0 saturated heterocycles. The number of esters is 1. The summed E-state index contributed by atoms with van der Waals surface area (Å²) in [5.74, 6) is -0.199. The van der Waals surface area contributed by atoms with Crippen molar-refractivity contribution in [2.75, 3.05) is 6.61 Å². The van der Waals surface area contributed by atoms with E-state index >= 15 is 0 Å². The molecule has 4 aromatic carbocycles. The van der Waals surface area contributed by atoms with Gasteiger partial charge in [0.25, 0.3) is 0 Å². The fourth-order valence-corrected chi connectivity index (χ4v) is 8.80. The average Bonchev–Trinajstić information content (AvgIpc) is 2.89. The van der Waals surface area contributed by atoms with Crippen LogP contribution < -0.4 is 28.3 Å². The predicted octanol–water partition coefficient (Wildman–Crippen LogP) is 2.63. The SMILES string of the molecule is CCOC(=O)C(/C=C\c1ccccc1)[P+](c1ccccc1)(c1ccccc1)c1ccccc1.[Cl-]. The number of halogens is 1. The van der Waals surface area contributed by atoms with E-state index in [-0.39, 0.29) is 18.4 Å². The van der Waals surface area contributed by atoms with E-state index in [1.807, 2.05) is 67.6 Å². The summed E-state index contributed by atoms with van der Waals surface area (Å²) in [4.78, 5) is 13.7. The van der Waals surface area contributed by atoms with E-state index in [2.05, 4.69) is 72.8 Å².